The summed E-state index contributed by atoms with van der Waals surface area (Å²) in [6.07, 6.45) is 0. The van der Waals surface area contributed by atoms with Gasteiger partial charge in [-0.2, -0.15) is 10.4 Å². The lowest BCUT2D eigenvalue weighted by Crippen LogP contribution is -2.05. The van der Waals surface area contributed by atoms with Crippen molar-refractivity contribution >= 4 is 0 Å². The molecule has 1 heterocycles. The molecule has 0 unspecified atom stereocenters. The highest BCUT2D eigenvalue weighted by atomic mass is 15.1. The molecule has 0 radical (unpaired) electrons. The largest absolute Gasteiger partial charge is 0.326 e. The predicted octanol–water partition coefficient (Wildman–Crippen LogP) is -0.801. The molecule has 0 saturated carbocycles. The molecule has 1 aromatic rings. The summed E-state index contributed by atoms with van der Waals surface area (Å²) in [6, 6.07) is 1.92. The van der Waals surface area contributed by atoms with Crippen LogP contribution in [0, 0.1) is 11.3 Å². The molecule has 0 aliphatic heterocycles. The Labute approximate surface area is 64.0 Å². The Morgan fingerprint density at radius 2 is 2.18 bits per heavy atom. The molecule has 0 atom stereocenters. The Morgan fingerprint density at radius 1 is 1.45 bits per heavy atom. The number of H-pyrrole nitrogens is 1. The number of hydrogen-bond acceptors (Lipinski definition) is 4. The first-order valence-corrected chi connectivity index (χ1v) is 3.19. The molecule has 0 bridgehead atoms. The number of nitriles is 1. The number of nitrogens with zero attached hydrogens (tertiary/aromatic N) is 2. The maximum absolute atomic E-state index is 8.53. The van der Waals surface area contributed by atoms with Crippen molar-refractivity contribution < 1.29 is 0 Å². The molecule has 5 nitrogen and oxygen atoms in total. The van der Waals surface area contributed by atoms with Crippen molar-refractivity contribution in [3.63, 3.8) is 0 Å². The third-order valence-corrected chi connectivity index (χ3v) is 1.47. The van der Waals surface area contributed by atoms with Gasteiger partial charge in [-0.05, 0) is 0 Å². The van der Waals surface area contributed by atoms with E-state index in [1.807, 2.05) is 6.07 Å². The summed E-state index contributed by atoms with van der Waals surface area (Å²) in [4.78, 5) is 0. The van der Waals surface area contributed by atoms with Crippen LogP contribution in [-0.4, -0.2) is 10.2 Å². The van der Waals surface area contributed by atoms with Crippen molar-refractivity contribution in [2.45, 2.75) is 13.1 Å². The van der Waals surface area contributed by atoms with Crippen LogP contribution in [0.15, 0.2) is 0 Å². The average molecular weight is 151 g/mol. The zero-order valence-corrected chi connectivity index (χ0v) is 5.96. The molecule has 11 heavy (non-hydrogen) atoms. The second kappa shape index (κ2) is 3.14. The number of hydrogen-bond donors (Lipinski definition) is 3. The smallest absolute Gasteiger partial charge is 0.167 e. The van der Waals surface area contributed by atoms with Gasteiger partial charge in [0.15, 0.2) is 5.69 Å². The Balaban J connectivity index is 3.12. The van der Waals surface area contributed by atoms with E-state index in [0.717, 1.165) is 11.3 Å². The molecule has 0 aliphatic carbocycles. The zero-order valence-electron chi connectivity index (χ0n) is 5.96. The summed E-state index contributed by atoms with van der Waals surface area (Å²) in [5, 5.41) is 14.9. The normalized spacial score (nSPS) is 9.55. The topological polar surface area (TPSA) is 105 Å². The fraction of sp³-hybridized carbons (Fsp3) is 0.333. The van der Waals surface area contributed by atoms with Crippen LogP contribution in [0.4, 0.5) is 0 Å². The highest BCUT2D eigenvalue weighted by molar-refractivity contribution is 5.33. The van der Waals surface area contributed by atoms with Gasteiger partial charge in [0.05, 0.1) is 5.69 Å². The molecule has 0 amide bonds. The summed E-state index contributed by atoms with van der Waals surface area (Å²) in [6.45, 7) is 0.632. The molecular formula is C6H9N5. The molecule has 0 spiro atoms. The number of aromatic nitrogens is 2. The Kier molecular flexibility index (Phi) is 2.21. The summed E-state index contributed by atoms with van der Waals surface area (Å²) >= 11 is 0. The van der Waals surface area contributed by atoms with Crippen molar-refractivity contribution in [3.8, 4) is 6.07 Å². The van der Waals surface area contributed by atoms with Crippen LogP contribution in [0.2, 0.25) is 0 Å². The monoisotopic (exact) mass is 151 g/mol. The molecule has 1 aromatic heterocycles. The lowest BCUT2D eigenvalue weighted by Gasteiger charge is -1.93. The average Bonchev–Trinajstić information content (AvgIpc) is 2.45. The third kappa shape index (κ3) is 1.22. The van der Waals surface area contributed by atoms with Gasteiger partial charge in [-0.15, -0.1) is 0 Å². The van der Waals surface area contributed by atoms with Crippen molar-refractivity contribution in [2.75, 3.05) is 0 Å². The van der Waals surface area contributed by atoms with Gasteiger partial charge in [0, 0.05) is 18.7 Å². The Bertz CT molecular complexity index is 282. The van der Waals surface area contributed by atoms with E-state index in [0.29, 0.717) is 18.8 Å². The van der Waals surface area contributed by atoms with Crippen molar-refractivity contribution in [3.05, 3.63) is 17.0 Å². The predicted molar refractivity (Wildman–Crippen MR) is 39.1 cm³/mol. The van der Waals surface area contributed by atoms with E-state index in [1.165, 1.54) is 0 Å². The van der Waals surface area contributed by atoms with Gasteiger partial charge in [0.2, 0.25) is 0 Å². The van der Waals surface area contributed by atoms with Gasteiger partial charge >= 0.3 is 0 Å². The lowest BCUT2D eigenvalue weighted by atomic mass is 10.2. The van der Waals surface area contributed by atoms with Crippen LogP contribution in [0.25, 0.3) is 0 Å². The molecule has 1 rings (SSSR count). The first-order chi connectivity index (χ1) is 5.33. The van der Waals surface area contributed by atoms with Crippen LogP contribution in [0.5, 0.6) is 0 Å². The van der Waals surface area contributed by atoms with Crippen molar-refractivity contribution in [2.24, 2.45) is 11.5 Å². The summed E-state index contributed by atoms with van der Waals surface area (Å²) in [5.74, 6) is 0. The van der Waals surface area contributed by atoms with Gasteiger partial charge in [-0.3, -0.25) is 5.10 Å². The van der Waals surface area contributed by atoms with Crippen LogP contribution in [0.1, 0.15) is 17.0 Å². The van der Waals surface area contributed by atoms with Crippen LogP contribution >= 0.6 is 0 Å². The van der Waals surface area contributed by atoms with Crippen LogP contribution in [-0.2, 0) is 13.1 Å². The van der Waals surface area contributed by atoms with E-state index in [-0.39, 0.29) is 0 Å². The van der Waals surface area contributed by atoms with Crippen LogP contribution in [0.3, 0.4) is 0 Å². The third-order valence-electron chi connectivity index (χ3n) is 1.47. The standard InChI is InChI=1S/C6H9N5/c7-1-4-5(2-8)10-11-6(4)3-9/h1-2,7-8H2,(H,10,11). The van der Waals surface area contributed by atoms with E-state index < -0.39 is 0 Å². The van der Waals surface area contributed by atoms with Gasteiger partial charge in [0.1, 0.15) is 6.07 Å². The molecule has 0 aromatic carbocycles. The molecule has 0 aliphatic rings. The maximum atomic E-state index is 8.53. The summed E-state index contributed by atoms with van der Waals surface area (Å²) < 4.78 is 0. The first kappa shape index (κ1) is 7.72. The molecule has 5 heteroatoms. The van der Waals surface area contributed by atoms with Gasteiger partial charge in [0.25, 0.3) is 0 Å². The molecular weight excluding hydrogens is 142 g/mol. The highest BCUT2D eigenvalue weighted by Crippen LogP contribution is 2.07. The number of rotatable bonds is 2. The first-order valence-electron chi connectivity index (χ1n) is 3.19. The fourth-order valence-corrected chi connectivity index (χ4v) is 0.882. The van der Waals surface area contributed by atoms with Crippen molar-refractivity contribution in [1.82, 2.24) is 10.2 Å². The SMILES string of the molecule is N#Cc1n[nH]c(CN)c1CN. The van der Waals surface area contributed by atoms with E-state index >= 15 is 0 Å². The number of nitrogens with two attached hydrogens (primary N) is 2. The number of aromatic amines is 1. The van der Waals surface area contributed by atoms with E-state index in [9.17, 15) is 0 Å². The second-order valence-electron chi connectivity index (χ2n) is 2.05. The van der Waals surface area contributed by atoms with E-state index in [4.69, 9.17) is 16.7 Å². The highest BCUT2D eigenvalue weighted by Gasteiger charge is 2.08. The van der Waals surface area contributed by atoms with Crippen molar-refractivity contribution in [1.29, 1.82) is 5.26 Å². The minimum absolute atomic E-state index is 0.298. The molecule has 5 N–H and O–H groups in total. The maximum Gasteiger partial charge on any atom is 0.167 e. The second-order valence-corrected chi connectivity index (χ2v) is 2.05. The minimum atomic E-state index is 0.298. The van der Waals surface area contributed by atoms with Crippen LogP contribution < -0.4 is 11.5 Å². The molecule has 0 fully saturated rings. The zero-order chi connectivity index (χ0) is 8.27. The Hall–Kier alpha value is -1.38. The Morgan fingerprint density at radius 3 is 2.64 bits per heavy atom. The quantitative estimate of drug-likeness (QED) is 0.514. The fourth-order valence-electron chi connectivity index (χ4n) is 0.882. The van der Waals surface area contributed by atoms with Gasteiger partial charge in [-0.1, -0.05) is 0 Å². The van der Waals surface area contributed by atoms with E-state index in [1.54, 1.807) is 0 Å². The molecule has 58 valence electrons. The minimum Gasteiger partial charge on any atom is -0.326 e. The van der Waals surface area contributed by atoms with Gasteiger partial charge in [-0.25, -0.2) is 0 Å². The van der Waals surface area contributed by atoms with E-state index in [2.05, 4.69) is 10.2 Å². The number of nitrogens with one attached hydrogen (secondary N) is 1. The lowest BCUT2D eigenvalue weighted by molar-refractivity contribution is 0.922. The molecule has 0 saturated heterocycles. The van der Waals surface area contributed by atoms with Gasteiger partial charge < -0.3 is 11.5 Å². The summed E-state index contributed by atoms with van der Waals surface area (Å²) in [5.41, 5.74) is 12.5. The summed E-state index contributed by atoms with van der Waals surface area (Å²) in [7, 11) is 0.